The minimum absolute atomic E-state index is 0.224. The summed E-state index contributed by atoms with van der Waals surface area (Å²) in [6.45, 7) is 7.88. The first-order valence-corrected chi connectivity index (χ1v) is 14.5. The number of sulfonamides is 1. The monoisotopic (exact) mass is 552 g/mol. The van der Waals surface area contributed by atoms with Gasteiger partial charge in [0.1, 0.15) is 5.82 Å². The van der Waals surface area contributed by atoms with Gasteiger partial charge in [0.15, 0.2) is 0 Å². The second kappa shape index (κ2) is 11.3. The van der Waals surface area contributed by atoms with Gasteiger partial charge in [-0.15, -0.1) is 5.10 Å². The average molecular weight is 553 g/mol. The Bertz CT molecular complexity index is 1580. The molecule has 1 N–H and O–H groups in total. The number of nitrogens with zero attached hydrogens (tertiary/aromatic N) is 3. The zero-order valence-electron chi connectivity index (χ0n) is 22.1. The Hall–Kier alpha value is -3.20. The zero-order chi connectivity index (χ0) is 27.5. The fourth-order valence-corrected chi connectivity index (χ4v) is 6.13. The van der Waals surface area contributed by atoms with Crippen LogP contribution in [0.3, 0.4) is 0 Å². The molecular weight excluding hydrogens is 520 g/mol. The third-order valence-electron chi connectivity index (χ3n) is 6.00. The smallest absolute Gasteiger partial charge is 0.274 e. The molecule has 1 aromatic heterocycles. The highest BCUT2D eigenvalue weighted by Gasteiger charge is 2.25. The van der Waals surface area contributed by atoms with Gasteiger partial charge >= 0.3 is 5.69 Å². The molecule has 0 fully saturated rings. The molecule has 38 heavy (non-hydrogen) atoms. The molecule has 0 saturated carbocycles. The highest BCUT2D eigenvalue weighted by molar-refractivity contribution is 7.89. The van der Waals surface area contributed by atoms with Crippen molar-refractivity contribution in [2.75, 3.05) is 0 Å². The molecule has 0 radical (unpaired) electrons. The van der Waals surface area contributed by atoms with Gasteiger partial charge in [0.05, 0.1) is 22.2 Å². The van der Waals surface area contributed by atoms with Crippen LogP contribution < -0.4 is 10.4 Å². The van der Waals surface area contributed by atoms with Gasteiger partial charge in [-0.1, -0.05) is 79.5 Å². The molecular formula is C29H33ClN4O3S. The molecule has 0 amide bonds. The average Bonchev–Trinajstić information content (AvgIpc) is 3.17. The van der Waals surface area contributed by atoms with Crippen LogP contribution in [0.1, 0.15) is 51.9 Å². The van der Waals surface area contributed by atoms with Crippen molar-refractivity contribution in [1.29, 1.82) is 0 Å². The third-order valence-corrected chi connectivity index (χ3v) is 8.13. The van der Waals surface area contributed by atoms with Gasteiger partial charge in [-0.2, -0.15) is 4.68 Å². The minimum atomic E-state index is -3.72. The molecule has 7 nitrogen and oxygen atoms in total. The number of aromatic nitrogens is 3. The van der Waals surface area contributed by atoms with E-state index in [-0.39, 0.29) is 10.6 Å². The van der Waals surface area contributed by atoms with Crippen molar-refractivity contribution in [3.63, 3.8) is 0 Å². The fraction of sp³-hybridized carbons (Fsp3) is 0.310. The van der Waals surface area contributed by atoms with Crippen LogP contribution in [0.5, 0.6) is 0 Å². The number of unbranched alkanes of at least 4 members (excludes halogenated alkanes) is 1. The van der Waals surface area contributed by atoms with Gasteiger partial charge in [-0.05, 0) is 56.5 Å². The summed E-state index contributed by atoms with van der Waals surface area (Å²) in [7, 11) is -3.72. The van der Waals surface area contributed by atoms with E-state index in [0.717, 1.165) is 24.0 Å². The molecule has 0 unspecified atom stereocenters. The number of halogens is 1. The summed E-state index contributed by atoms with van der Waals surface area (Å²) in [5.74, 6) is 0.700. The molecule has 0 aliphatic carbocycles. The molecule has 200 valence electrons. The number of hydrogen-bond acceptors (Lipinski definition) is 4. The van der Waals surface area contributed by atoms with Crippen molar-refractivity contribution in [3.05, 3.63) is 99.7 Å². The second-order valence-corrected chi connectivity index (χ2v) is 12.4. The van der Waals surface area contributed by atoms with E-state index in [1.165, 1.54) is 4.68 Å². The molecule has 4 aromatic rings. The third kappa shape index (κ3) is 6.26. The predicted octanol–water partition coefficient (Wildman–Crippen LogP) is 5.82. The van der Waals surface area contributed by atoms with E-state index in [0.29, 0.717) is 35.1 Å². The summed E-state index contributed by atoms with van der Waals surface area (Å²) in [4.78, 5) is 13.6. The van der Waals surface area contributed by atoms with Crippen LogP contribution in [0.25, 0.3) is 16.8 Å². The van der Waals surface area contributed by atoms with E-state index in [2.05, 4.69) is 16.7 Å². The molecule has 1 heterocycles. The first kappa shape index (κ1) is 27.8. The minimum Gasteiger partial charge on any atom is -0.274 e. The van der Waals surface area contributed by atoms with E-state index in [9.17, 15) is 13.2 Å². The molecule has 4 rings (SSSR count). The summed E-state index contributed by atoms with van der Waals surface area (Å²) in [6.07, 6.45) is 2.56. The fourth-order valence-electron chi connectivity index (χ4n) is 4.27. The van der Waals surface area contributed by atoms with E-state index >= 15 is 0 Å². The Morgan fingerprint density at radius 2 is 1.61 bits per heavy atom. The number of hydrogen-bond donors (Lipinski definition) is 1. The molecule has 3 aromatic carbocycles. The SMILES string of the molecule is CCCCc1nn(-c2ccccc2Cl)c(=O)n1Cc1ccc(-c2ccccc2S(=O)(=O)NC(C)(C)C)cc1. The predicted molar refractivity (Wildman–Crippen MR) is 153 cm³/mol. The number of benzene rings is 3. The number of nitrogens with one attached hydrogen (secondary N) is 1. The standard InChI is InChI=1S/C29H33ClN4O3S/c1-5-6-15-27-31-34(25-13-9-8-12-24(25)30)28(35)33(27)20-21-16-18-22(19-17-21)23-11-7-10-14-26(23)38(36,37)32-29(2,3)4/h7-14,16-19,32H,5-6,15,20H2,1-4H3. The van der Waals surface area contributed by atoms with Crippen molar-refractivity contribution in [2.24, 2.45) is 0 Å². The van der Waals surface area contributed by atoms with Gasteiger partial charge in [0.25, 0.3) is 0 Å². The van der Waals surface area contributed by atoms with Gasteiger partial charge in [-0.25, -0.2) is 17.9 Å². The molecule has 0 saturated heterocycles. The van der Waals surface area contributed by atoms with Crippen molar-refractivity contribution in [1.82, 2.24) is 19.1 Å². The normalized spacial score (nSPS) is 12.1. The maximum absolute atomic E-state index is 13.4. The lowest BCUT2D eigenvalue weighted by atomic mass is 10.0. The lowest BCUT2D eigenvalue weighted by Gasteiger charge is -2.21. The topological polar surface area (TPSA) is 86.0 Å². The van der Waals surface area contributed by atoms with Crippen molar-refractivity contribution in [2.45, 2.75) is 63.9 Å². The first-order valence-electron chi connectivity index (χ1n) is 12.7. The van der Waals surface area contributed by atoms with Gasteiger partial charge in [-0.3, -0.25) is 4.57 Å². The van der Waals surface area contributed by atoms with Crippen LogP contribution >= 0.6 is 11.6 Å². The summed E-state index contributed by atoms with van der Waals surface area (Å²) < 4.78 is 32.0. The highest BCUT2D eigenvalue weighted by atomic mass is 35.5. The Morgan fingerprint density at radius 3 is 2.26 bits per heavy atom. The largest absolute Gasteiger partial charge is 0.351 e. The first-order chi connectivity index (χ1) is 18.0. The van der Waals surface area contributed by atoms with E-state index in [1.807, 2.05) is 63.2 Å². The van der Waals surface area contributed by atoms with Gasteiger partial charge in [0.2, 0.25) is 10.0 Å². The molecule has 0 bridgehead atoms. The van der Waals surface area contributed by atoms with Crippen molar-refractivity contribution in [3.8, 4) is 16.8 Å². The van der Waals surface area contributed by atoms with Crippen molar-refractivity contribution < 1.29 is 8.42 Å². The lowest BCUT2D eigenvalue weighted by molar-refractivity contribution is 0.491. The van der Waals surface area contributed by atoms with Gasteiger partial charge in [0, 0.05) is 17.5 Å². The summed E-state index contributed by atoms with van der Waals surface area (Å²) in [6, 6.07) is 21.7. The summed E-state index contributed by atoms with van der Waals surface area (Å²) in [5.41, 5.74) is 1.98. The van der Waals surface area contributed by atoms with Crippen molar-refractivity contribution >= 4 is 21.6 Å². The van der Waals surface area contributed by atoms with E-state index in [1.54, 1.807) is 34.9 Å². The Morgan fingerprint density at radius 1 is 0.947 bits per heavy atom. The van der Waals surface area contributed by atoms with E-state index in [4.69, 9.17) is 11.6 Å². The van der Waals surface area contributed by atoms with Gasteiger partial charge < -0.3 is 0 Å². The van der Waals surface area contributed by atoms with Crippen LogP contribution in [0.2, 0.25) is 5.02 Å². The molecule has 0 spiro atoms. The maximum Gasteiger partial charge on any atom is 0.351 e. The van der Waals surface area contributed by atoms with Crippen LogP contribution in [0, 0.1) is 0 Å². The Balaban J connectivity index is 1.68. The summed E-state index contributed by atoms with van der Waals surface area (Å²) in [5, 5.41) is 5.07. The molecule has 0 aliphatic rings. The lowest BCUT2D eigenvalue weighted by Crippen LogP contribution is -2.40. The number of aryl methyl sites for hydroxylation is 1. The second-order valence-electron chi connectivity index (χ2n) is 10.3. The molecule has 0 aliphatic heterocycles. The van der Waals surface area contributed by atoms with Crippen LogP contribution in [-0.2, 0) is 23.0 Å². The number of rotatable bonds is 9. The maximum atomic E-state index is 13.4. The molecule has 9 heteroatoms. The Kier molecular flexibility index (Phi) is 8.25. The van der Waals surface area contributed by atoms with Crippen LogP contribution in [0.15, 0.2) is 82.5 Å². The number of para-hydroxylation sites is 1. The zero-order valence-corrected chi connectivity index (χ0v) is 23.7. The van der Waals surface area contributed by atoms with Crippen LogP contribution in [-0.4, -0.2) is 28.3 Å². The van der Waals surface area contributed by atoms with E-state index < -0.39 is 15.6 Å². The quantitative estimate of drug-likeness (QED) is 0.283. The van der Waals surface area contributed by atoms with Crippen LogP contribution in [0.4, 0.5) is 0 Å². The highest BCUT2D eigenvalue weighted by Crippen LogP contribution is 2.28. The Labute approximate surface area is 229 Å². The summed E-state index contributed by atoms with van der Waals surface area (Å²) >= 11 is 6.36. The molecule has 0 atom stereocenters.